The van der Waals surface area contributed by atoms with Crippen LogP contribution in [-0.4, -0.2) is 29.0 Å². The van der Waals surface area contributed by atoms with Gasteiger partial charge in [-0.2, -0.15) is 0 Å². The summed E-state index contributed by atoms with van der Waals surface area (Å²) in [4.78, 5) is 19.9. The van der Waals surface area contributed by atoms with E-state index < -0.39 is 6.04 Å². The van der Waals surface area contributed by atoms with Crippen LogP contribution in [0.15, 0.2) is 36.7 Å². The van der Waals surface area contributed by atoms with Gasteiger partial charge < -0.3 is 10.1 Å². The van der Waals surface area contributed by atoms with Crippen molar-refractivity contribution in [3.63, 3.8) is 0 Å². The summed E-state index contributed by atoms with van der Waals surface area (Å²) in [6.07, 6.45) is 3.90. The van der Waals surface area contributed by atoms with E-state index in [2.05, 4.69) is 15.3 Å². The molecule has 0 aromatic carbocycles. The van der Waals surface area contributed by atoms with Crippen molar-refractivity contribution in [2.24, 2.45) is 0 Å². The minimum atomic E-state index is -0.435. The highest BCUT2D eigenvalue weighted by atomic mass is 35.5. The van der Waals surface area contributed by atoms with E-state index in [1.807, 2.05) is 12.1 Å². The lowest BCUT2D eigenvalue weighted by Crippen LogP contribution is -2.37. The molecule has 0 radical (unpaired) electrons. The number of carbonyl (C=O) groups excluding carboxylic acids is 1. The Balaban J connectivity index is 1.94. The highest BCUT2D eigenvalue weighted by molar-refractivity contribution is 6.32. The van der Waals surface area contributed by atoms with E-state index in [4.69, 9.17) is 27.9 Å². The Bertz CT molecular complexity index is 618. The molecule has 0 aliphatic carbocycles. The number of hydrogen-bond donors (Lipinski definition) is 1. The van der Waals surface area contributed by atoms with Gasteiger partial charge in [0, 0.05) is 12.4 Å². The summed E-state index contributed by atoms with van der Waals surface area (Å²) >= 11 is 11.6. The summed E-state index contributed by atoms with van der Waals surface area (Å²) in [5.74, 6) is -0.344. The van der Waals surface area contributed by atoms with Gasteiger partial charge >= 0.3 is 5.97 Å². The molecule has 0 amide bonds. The van der Waals surface area contributed by atoms with Crippen molar-refractivity contribution in [1.29, 1.82) is 0 Å². The Labute approximate surface area is 138 Å². The van der Waals surface area contributed by atoms with Gasteiger partial charge in [-0.25, -0.2) is 4.98 Å². The number of halogens is 2. The van der Waals surface area contributed by atoms with Crippen LogP contribution < -0.4 is 5.32 Å². The first-order valence-electron chi connectivity index (χ1n) is 6.63. The Morgan fingerprint density at radius 2 is 1.86 bits per heavy atom. The van der Waals surface area contributed by atoms with E-state index in [9.17, 15) is 4.79 Å². The molecule has 5 nitrogen and oxygen atoms in total. The van der Waals surface area contributed by atoms with Crippen molar-refractivity contribution in [2.45, 2.75) is 19.1 Å². The van der Waals surface area contributed by atoms with E-state index in [1.165, 1.54) is 0 Å². The molecule has 2 heterocycles. The molecule has 0 aliphatic heterocycles. The zero-order valence-electron chi connectivity index (χ0n) is 11.9. The van der Waals surface area contributed by atoms with Gasteiger partial charge in [0.25, 0.3) is 0 Å². The maximum Gasteiger partial charge on any atom is 0.323 e. The minimum Gasteiger partial charge on any atom is -0.460 e. The molecule has 1 atom stereocenters. The fraction of sp³-hybridized carbons (Fsp3) is 0.267. The van der Waals surface area contributed by atoms with E-state index in [1.54, 1.807) is 31.6 Å². The highest BCUT2D eigenvalue weighted by Gasteiger charge is 2.18. The number of likely N-dealkylation sites (N-methyl/N-ethyl adjacent to an activating group) is 1. The van der Waals surface area contributed by atoms with Gasteiger partial charge in [0.2, 0.25) is 0 Å². The molecule has 22 heavy (non-hydrogen) atoms. The van der Waals surface area contributed by atoms with Crippen LogP contribution in [0.5, 0.6) is 0 Å². The van der Waals surface area contributed by atoms with Gasteiger partial charge in [-0.05, 0) is 48.9 Å². The second-order valence-corrected chi connectivity index (χ2v) is 5.40. The maximum absolute atomic E-state index is 12.1. The first kappa shape index (κ1) is 16.7. The number of nitrogens with zero attached hydrogens (tertiary/aromatic N) is 2. The zero-order chi connectivity index (χ0) is 15.9. The molecule has 0 saturated heterocycles. The minimum absolute atomic E-state index is 0.0926. The maximum atomic E-state index is 12.1. The van der Waals surface area contributed by atoms with E-state index in [0.29, 0.717) is 12.0 Å². The Hall–Kier alpha value is -1.69. The van der Waals surface area contributed by atoms with Gasteiger partial charge in [-0.1, -0.05) is 23.2 Å². The van der Waals surface area contributed by atoms with Crippen molar-refractivity contribution in [3.8, 4) is 0 Å². The fourth-order valence-electron chi connectivity index (χ4n) is 1.91. The number of hydrogen-bond acceptors (Lipinski definition) is 5. The van der Waals surface area contributed by atoms with Crippen LogP contribution in [0.2, 0.25) is 10.3 Å². The summed E-state index contributed by atoms with van der Waals surface area (Å²) in [7, 11) is 1.72. The smallest absolute Gasteiger partial charge is 0.323 e. The van der Waals surface area contributed by atoms with Gasteiger partial charge in [0.1, 0.15) is 23.0 Å². The molecule has 0 aliphatic rings. The lowest BCUT2D eigenvalue weighted by molar-refractivity contribution is -0.147. The van der Waals surface area contributed by atoms with Crippen LogP contribution in [0.1, 0.15) is 11.1 Å². The summed E-state index contributed by atoms with van der Waals surface area (Å²) in [6, 6.07) is 6.51. The number of rotatable bonds is 6. The SMILES string of the molecule is CN[C@@H](Cc1ccncc1)C(=O)OCc1cc(Cl)nc(Cl)c1. The number of pyridine rings is 2. The second kappa shape index (κ2) is 8.08. The topological polar surface area (TPSA) is 64.1 Å². The average Bonchev–Trinajstić information content (AvgIpc) is 2.50. The Kier molecular flexibility index (Phi) is 6.12. The zero-order valence-corrected chi connectivity index (χ0v) is 13.4. The highest BCUT2D eigenvalue weighted by Crippen LogP contribution is 2.15. The van der Waals surface area contributed by atoms with E-state index in [0.717, 1.165) is 5.56 Å². The third-order valence-corrected chi connectivity index (χ3v) is 3.41. The van der Waals surface area contributed by atoms with Gasteiger partial charge in [0.15, 0.2) is 0 Å². The molecule has 0 saturated carbocycles. The van der Waals surface area contributed by atoms with Crippen LogP contribution in [0.25, 0.3) is 0 Å². The van der Waals surface area contributed by atoms with E-state index >= 15 is 0 Å². The number of carbonyl (C=O) groups is 1. The first-order chi connectivity index (χ1) is 10.6. The molecular formula is C15H15Cl2N3O2. The lowest BCUT2D eigenvalue weighted by Gasteiger charge is -2.15. The molecule has 7 heteroatoms. The molecule has 1 N–H and O–H groups in total. The quantitative estimate of drug-likeness (QED) is 0.647. The third kappa shape index (κ3) is 4.94. The lowest BCUT2D eigenvalue weighted by atomic mass is 10.1. The molecule has 2 aromatic heterocycles. The fourth-order valence-corrected chi connectivity index (χ4v) is 2.42. The predicted molar refractivity (Wildman–Crippen MR) is 84.8 cm³/mol. The van der Waals surface area contributed by atoms with Crippen LogP contribution in [0.3, 0.4) is 0 Å². The summed E-state index contributed by atoms with van der Waals surface area (Å²) in [5.41, 5.74) is 1.69. The summed E-state index contributed by atoms with van der Waals surface area (Å²) in [5, 5.41) is 3.48. The molecule has 116 valence electrons. The number of ether oxygens (including phenoxy) is 1. The van der Waals surface area contributed by atoms with Crippen LogP contribution >= 0.6 is 23.2 Å². The molecule has 2 rings (SSSR count). The largest absolute Gasteiger partial charge is 0.460 e. The average molecular weight is 340 g/mol. The van der Waals surface area contributed by atoms with Crippen LogP contribution in [-0.2, 0) is 22.6 Å². The molecule has 0 fully saturated rings. The van der Waals surface area contributed by atoms with Crippen molar-refractivity contribution in [1.82, 2.24) is 15.3 Å². The van der Waals surface area contributed by atoms with Crippen molar-refractivity contribution in [2.75, 3.05) is 7.05 Å². The normalized spacial score (nSPS) is 12.0. The summed E-state index contributed by atoms with van der Waals surface area (Å²) < 4.78 is 5.30. The van der Waals surface area contributed by atoms with Crippen LogP contribution in [0.4, 0.5) is 0 Å². The first-order valence-corrected chi connectivity index (χ1v) is 7.39. The van der Waals surface area contributed by atoms with Gasteiger partial charge in [-0.3, -0.25) is 9.78 Å². The summed E-state index contributed by atoms with van der Waals surface area (Å²) in [6.45, 7) is 0.0926. The second-order valence-electron chi connectivity index (χ2n) is 4.63. The number of aromatic nitrogens is 2. The van der Waals surface area contributed by atoms with Crippen LogP contribution in [0, 0.1) is 0 Å². The third-order valence-electron chi connectivity index (χ3n) is 3.03. The van der Waals surface area contributed by atoms with Gasteiger partial charge in [-0.15, -0.1) is 0 Å². The standard InChI is InChI=1S/C15H15Cl2N3O2/c1-18-12(6-10-2-4-19-5-3-10)15(21)22-9-11-7-13(16)20-14(17)8-11/h2-5,7-8,12,18H,6,9H2,1H3/t12-/m0/s1. The van der Waals surface area contributed by atoms with Crippen molar-refractivity contribution >= 4 is 29.2 Å². The van der Waals surface area contributed by atoms with Gasteiger partial charge in [0.05, 0.1) is 0 Å². The van der Waals surface area contributed by atoms with E-state index in [-0.39, 0.29) is 22.9 Å². The predicted octanol–water partition coefficient (Wildman–Crippen LogP) is 2.66. The van der Waals surface area contributed by atoms with Crippen molar-refractivity contribution < 1.29 is 9.53 Å². The molecule has 0 spiro atoms. The Morgan fingerprint density at radius 1 is 1.23 bits per heavy atom. The number of esters is 1. The number of nitrogens with one attached hydrogen (secondary N) is 1. The molecule has 0 unspecified atom stereocenters. The molecule has 2 aromatic rings. The van der Waals surface area contributed by atoms with Crippen molar-refractivity contribution in [3.05, 3.63) is 58.1 Å². The molecule has 0 bridgehead atoms. The monoisotopic (exact) mass is 339 g/mol. The Morgan fingerprint density at radius 3 is 2.45 bits per heavy atom. The molecular weight excluding hydrogens is 325 g/mol.